The van der Waals surface area contributed by atoms with Gasteiger partial charge in [-0.05, 0) is 13.3 Å². The van der Waals surface area contributed by atoms with Crippen LogP contribution < -0.4 is 10.6 Å². The number of β-lactam (4-membered cyclic amide) rings is 2. The highest BCUT2D eigenvalue weighted by Crippen LogP contribution is 2.51. The number of carbonyl (C=O) groups excluding carboxylic acids is 2. The molecule has 6 atom stereocenters. The first-order valence-corrected chi connectivity index (χ1v) is 10.0. The highest BCUT2D eigenvalue weighted by Gasteiger charge is 2.60. The van der Waals surface area contributed by atoms with E-state index in [1.807, 2.05) is 13.0 Å². The number of nitrogens with one attached hydrogen (secondary N) is 2. The van der Waals surface area contributed by atoms with Gasteiger partial charge in [0.25, 0.3) is 0 Å². The number of aliphatic hydroxyl groups is 1. The number of thioether (sulfide) groups is 1. The van der Waals surface area contributed by atoms with Gasteiger partial charge in [0.2, 0.25) is 11.8 Å². The third kappa shape index (κ3) is 2.88. The average Bonchev–Trinajstić information content (AvgIpc) is 3.13. The van der Waals surface area contributed by atoms with Gasteiger partial charge in [0.15, 0.2) is 0 Å². The van der Waals surface area contributed by atoms with E-state index in [9.17, 15) is 24.6 Å². The second-order valence-corrected chi connectivity index (χ2v) is 8.98. The largest absolute Gasteiger partial charge is 0.477 e. The number of nitrogens with zero attached hydrogens (tertiary/aromatic N) is 1. The molecular formula is C18H23N3O5S. The Morgan fingerprint density at radius 1 is 1.41 bits per heavy atom. The van der Waals surface area contributed by atoms with Crippen LogP contribution in [0.2, 0.25) is 0 Å². The predicted octanol–water partition coefficient (Wildman–Crippen LogP) is -0.340. The Bertz CT molecular complexity index is 777. The molecule has 3 saturated heterocycles. The number of amides is 2. The van der Waals surface area contributed by atoms with Gasteiger partial charge in [0.05, 0.1) is 18.1 Å². The molecule has 3 fully saturated rings. The van der Waals surface area contributed by atoms with E-state index in [1.165, 1.54) is 16.7 Å². The summed E-state index contributed by atoms with van der Waals surface area (Å²) >= 11 is 1.51. The number of carboxylic acids is 1. The number of aliphatic carboxylic acids is 1. The average molecular weight is 393 g/mol. The van der Waals surface area contributed by atoms with E-state index in [1.54, 1.807) is 6.92 Å². The summed E-state index contributed by atoms with van der Waals surface area (Å²) in [6, 6.07) is -0.185. The molecule has 0 radical (unpaired) electrons. The van der Waals surface area contributed by atoms with Crippen molar-refractivity contribution in [2.75, 3.05) is 13.1 Å². The smallest absolute Gasteiger partial charge is 0.353 e. The number of hydrogen-bond acceptors (Lipinski definition) is 6. The van der Waals surface area contributed by atoms with Crippen molar-refractivity contribution in [1.82, 2.24) is 15.5 Å². The van der Waals surface area contributed by atoms with Crippen molar-refractivity contribution in [2.24, 2.45) is 11.8 Å². The molecule has 0 spiro atoms. The maximum absolute atomic E-state index is 12.4. The maximum atomic E-state index is 12.4. The minimum atomic E-state index is -1.10. The molecular weight excluding hydrogens is 370 g/mol. The fourth-order valence-corrected chi connectivity index (χ4v) is 5.94. The van der Waals surface area contributed by atoms with Crippen molar-refractivity contribution >= 4 is 29.5 Å². The van der Waals surface area contributed by atoms with Crippen molar-refractivity contribution in [3.05, 3.63) is 22.3 Å². The molecule has 8 nitrogen and oxygen atoms in total. The highest BCUT2D eigenvalue weighted by molar-refractivity contribution is 8.03. The van der Waals surface area contributed by atoms with Crippen LogP contribution >= 0.6 is 11.8 Å². The Kier molecular flexibility index (Phi) is 4.56. The topological polar surface area (TPSA) is 119 Å². The summed E-state index contributed by atoms with van der Waals surface area (Å²) in [5.41, 5.74) is 0.854. The van der Waals surface area contributed by atoms with Gasteiger partial charge in [-0.3, -0.25) is 9.59 Å². The fourth-order valence-electron chi connectivity index (χ4n) is 4.45. The molecule has 27 heavy (non-hydrogen) atoms. The first kappa shape index (κ1) is 18.5. The fraction of sp³-hybridized carbons (Fsp3) is 0.611. The molecule has 4 heterocycles. The molecule has 0 aromatic rings. The minimum absolute atomic E-state index is 0.0276. The first-order chi connectivity index (χ1) is 12.8. The van der Waals surface area contributed by atoms with Crippen LogP contribution in [0.1, 0.15) is 20.3 Å². The zero-order valence-corrected chi connectivity index (χ0v) is 16.0. The van der Waals surface area contributed by atoms with Gasteiger partial charge in [-0.2, -0.15) is 0 Å². The lowest BCUT2D eigenvalue weighted by Crippen LogP contribution is -2.63. The van der Waals surface area contributed by atoms with E-state index in [0.717, 1.165) is 12.0 Å². The monoisotopic (exact) mass is 393 g/mol. The SMILES string of the molecule is C[C@@H](O)[C@H]1C(=O)N2C(C(=O)O)=C(S[C@@H]3CN[C@H](/C=C4\CNC4=O)C3)[C@H](C)[C@H]12. The highest BCUT2D eigenvalue weighted by atomic mass is 32.2. The van der Waals surface area contributed by atoms with Crippen LogP contribution in [0.4, 0.5) is 0 Å². The zero-order valence-electron chi connectivity index (χ0n) is 15.1. The van der Waals surface area contributed by atoms with E-state index >= 15 is 0 Å². The van der Waals surface area contributed by atoms with Gasteiger partial charge < -0.3 is 25.7 Å². The van der Waals surface area contributed by atoms with Crippen LogP contribution in [0.25, 0.3) is 0 Å². The summed E-state index contributed by atoms with van der Waals surface area (Å²) in [5, 5.41) is 25.8. The number of carbonyl (C=O) groups is 3. The summed E-state index contributed by atoms with van der Waals surface area (Å²) in [5.74, 6) is -2.09. The van der Waals surface area contributed by atoms with E-state index in [0.29, 0.717) is 18.0 Å². The molecule has 9 heteroatoms. The molecule has 4 aliphatic heterocycles. The second kappa shape index (κ2) is 6.65. The molecule has 4 aliphatic rings. The van der Waals surface area contributed by atoms with Crippen molar-refractivity contribution in [1.29, 1.82) is 0 Å². The zero-order chi connectivity index (χ0) is 19.5. The van der Waals surface area contributed by atoms with Gasteiger partial charge >= 0.3 is 5.97 Å². The Morgan fingerprint density at radius 3 is 2.70 bits per heavy atom. The molecule has 2 amide bonds. The van der Waals surface area contributed by atoms with Crippen molar-refractivity contribution in [2.45, 2.75) is 43.7 Å². The Hall–Kier alpha value is -1.84. The summed E-state index contributed by atoms with van der Waals surface area (Å²) < 4.78 is 0. The van der Waals surface area contributed by atoms with Gasteiger partial charge in [0.1, 0.15) is 5.70 Å². The number of carboxylic acid groups (broad SMARTS) is 1. The van der Waals surface area contributed by atoms with Gasteiger partial charge in [-0.15, -0.1) is 11.8 Å². The lowest BCUT2D eigenvalue weighted by Gasteiger charge is -2.46. The van der Waals surface area contributed by atoms with Crippen LogP contribution in [0, 0.1) is 11.8 Å². The van der Waals surface area contributed by atoms with Crippen molar-refractivity contribution in [3.63, 3.8) is 0 Å². The van der Waals surface area contributed by atoms with Crippen molar-refractivity contribution < 1.29 is 24.6 Å². The molecule has 0 aliphatic carbocycles. The summed E-state index contributed by atoms with van der Waals surface area (Å²) in [4.78, 5) is 37.7. The quantitative estimate of drug-likeness (QED) is 0.373. The third-order valence-electron chi connectivity index (χ3n) is 5.86. The van der Waals surface area contributed by atoms with Crippen LogP contribution in [-0.4, -0.2) is 69.4 Å². The molecule has 0 bridgehead atoms. The van der Waals surface area contributed by atoms with Crippen LogP contribution in [0.3, 0.4) is 0 Å². The van der Waals surface area contributed by atoms with Crippen LogP contribution in [0.5, 0.6) is 0 Å². The Balaban J connectivity index is 1.50. The molecule has 0 aromatic carbocycles. The maximum Gasteiger partial charge on any atom is 0.353 e. The standard InChI is InChI=1S/C18H23N3O5S/c1-7-13-12(8(2)22)17(24)21(13)14(18(25)26)15(7)27-11-4-10(19-6-11)3-9-5-20-16(9)23/h3,7-8,10-13,19,22H,4-6H2,1-2H3,(H,20,23)(H,25,26)/b9-3+/t7-,8-,10-,11+,12-,13-/m1/s1. The molecule has 4 rings (SSSR count). The lowest BCUT2D eigenvalue weighted by molar-refractivity contribution is -0.163. The summed E-state index contributed by atoms with van der Waals surface area (Å²) in [6.07, 6.45) is 1.95. The van der Waals surface area contributed by atoms with Gasteiger partial charge in [-0.1, -0.05) is 13.0 Å². The van der Waals surface area contributed by atoms with Gasteiger partial charge in [-0.25, -0.2) is 4.79 Å². The number of hydrogen-bond donors (Lipinski definition) is 4. The summed E-state index contributed by atoms with van der Waals surface area (Å²) in [6.45, 7) is 4.81. The lowest BCUT2D eigenvalue weighted by atomic mass is 9.79. The molecule has 0 unspecified atom stereocenters. The normalized spacial score (nSPS) is 37.8. The number of aliphatic hydroxyl groups excluding tert-OH is 1. The van der Waals surface area contributed by atoms with Gasteiger partial charge in [0, 0.05) is 40.8 Å². The Labute approximate surface area is 161 Å². The molecule has 0 saturated carbocycles. The van der Waals surface area contributed by atoms with Crippen molar-refractivity contribution in [3.8, 4) is 0 Å². The van der Waals surface area contributed by atoms with Crippen LogP contribution in [-0.2, 0) is 14.4 Å². The third-order valence-corrected chi connectivity index (χ3v) is 7.37. The summed E-state index contributed by atoms with van der Waals surface area (Å²) in [7, 11) is 0. The number of rotatable bonds is 5. The van der Waals surface area contributed by atoms with E-state index in [4.69, 9.17) is 0 Å². The molecule has 4 N–H and O–H groups in total. The second-order valence-electron chi connectivity index (χ2n) is 7.64. The first-order valence-electron chi connectivity index (χ1n) is 9.17. The Morgan fingerprint density at radius 2 is 2.15 bits per heavy atom. The van der Waals surface area contributed by atoms with Crippen LogP contribution in [0.15, 0.2) is 22.3 Å². The van der Waals surface area contributed by atoms with E-state index < -0.39 is 18.0 Å². The van der Waals surface area contributed by atoms with E-state index in [-0.39, 0.29) is 40.8 Å². The molecule has 0 aromatic heterocycles. The predicted molar refractivity (Wildman–Crippen MR) is 98.5 cm³/mol. The molecule has 146 valence electrons. The number of fused-ring (bicyclic) bond motifs is 1. The minimum Gasteiger partial charge on any atom is -0.477 e. The van der Waals surface area contributed by atoms with E-state index in [2.05, 4.69) is 10.6 Å².